The lowest BCUT2D eigenvalue weighted by molar-refractivity contribution is 0.532. The third-order valence-electron chi connectivity index (χ3n) is 3.62. The van der Waals surface area contributed by atoms with Crippen molar-refractivity contribution in [3.8, 4) is 0 Å². The summed E-state index contributed by atoms with van der Waals surface area (Å²) in [6.45, 7) is 7.81. The molecule has 0 aliphatic rings. The van der Waals surface area contributed by atoms with Crippen molar-refractivity contribution in [1.82, 2.24) is 9.55 Å². The van der Waals surface area contributed by atoms with Crippen molar-refractivity contribution in [1.29, 1.82) is 0 Å². The maximum Gasteiger partial charge on any atom is 0.330 e. The van der Waals surface area contributed by atoms with E-state index in [9.17, 15) is 9.59 Å². The Labute approximate surface area is 130 Å². The average molecular weight is 301 g/mol. The Morgan fingerprint density at radius 1 is 1.05 bits per heavy atom. The summed E-state index contributed by atoms with van der Waals surface area (Å²) in [5.41, 5.74) is 0.434. The zero-order valence-corrected chi connectivity index (χ0v) is 13.5. The van der Waals surface area contributed by atoms with Crippen LogP contribution in [0, 0.1) is 5.92 Å². The van der Waals surface area contributed by atoms with E-state index < -0.39 is 0 Å². The van der Waals surface area contributed by atoms with Crippen molar-refractivity contribution in [3.05, 3.63) is 62.8 Å². The van der Waals surface area contributed by atoms with E-state index in [1.54, 1.807) is 0 Å². The fourth-order valence-electron chi connectivity index (χ4n) is 2.53. The molecule has 2 rings (SSSR count). The first-order valence-corrected chi connectivity index (χ1v) is 7.57. The van der Waals surface area contributed by atoms with Gasteiger partial charge in [-0.25, -0.2) is 4.79 Å². The normalized spacial score (nSPS) is 12.6. The van der Waals surface area contributed by atoms with Crippen LogP contribution >= 0.6 is 0 Å². The minimum Gasteiger partial charge on any atom is -0.364 e. The molecule has 2 aromatic rings. The van der Waals surface area contributed by atoms with E-state index in [4.69, 9.17) is 0 Å². The Hall–Kier alpha value is -2.30. The maximum absolute atomic E-state index is 12.1. The number of hydrogen-bond donors (Lipinski definition) is 2. The Kier molecular flexibility index (Phi) is 4.85. The molecular weight excluding hydrogens is 278 g/mol. The summed E-state index contributed by atoms with van der Waals surface area (Å²) in [4.78, 5) is 26.9. The summed E-state index contributed by atoms with van der Waals surface area (Å²) in [5, 5.41) is 3.27. The number of aromatic amines is 1. The lowest BCUT2D eigenvalue weighted by atomic mass is 9.96. The van der Waals surface area contributed by atoms with Gasteiger partial charge in [-0.05, 0) is 25.3 Å². The fourth-order valence-corrected chi connectivity index (χ4v) is 2.53. The molecule has 0 fully saturated rings. The Morgan fingerprint density at radius 2 is 1.68 bits per heavy atom. The van der Waals surface area contributed by atoms with E-state index in [1.165, 1.54) is 10.6 Å². The van der Waals surface area contributed by atoms with Gasteiger partial charge in [-0.3, -0.25) is 14.3 Å². The Balaban J connectivity index is 2.36. The highest BCUT2D eigenvalue weighted by Crippen LogP contribution is 2.24. The highest BCUT2D eigenvalue weighted by Gasteiger charge is 2.17. The van der Waals surface area contributed by atoms with E-state index in [-0.39, 0.29) is 23.3 Å². The topological polar surface area (TPSA) is 66.9 Å². The first kappa shape index (κ1) is 16.1. The number of benzene rings is 1. The number of hydrogen-bond acceptors (Lipinski definition) is 3. The molecule has 0 radical (unpaired) electrons. The van der Waals surface area contributed by atoms with Crippen molar-refractivity contribution < 1.29 is 0 Å². The monoisotopic (exact) mass is 301 g/mol. The van der Waals surface area contributed by atoms with Crippen LogP contribution in [-0.4, -0.2) is 9.55 Å². The number of H-pyrrole nitrogens is 1. The van der Waals surface area contributed by atoms with Crippen LogP contribution in [0.2, 0.25) is 0 Å². The van der Waals surface area contributed by atoms with Gasteiger partial charge in [0.15, 0.2) is 0 Å². The highest BCUT2D eigenvalue weighted by molar-refractivity contribution is 5.37. The number of nitrogens with one attached hydrogen (secondary N) is 2. The van der Waals surface area contributed by atoms with E-state index in [0.717, 1.165) is 5.56 Å². The van der Waals surface area contributed by atoms with Crippen LogP contribution in [0.5, 0.6) is 0 Å². The molecule has 0 spiro atoms. The molecule has 0 unspecified atom stereocenters. The van der Waals surface area contributed by atoms with Crippen molar-refractivity contribution >= 4 is 5.82 Å². The van der Waals surface area contributed by atoms with Crippen LogP contribution in [0.1, 0.15) is 45.3 Å². The lowest BCUT2D eigenvalue weighted by Gasteiger charge is -2.24. The highest BCUT2D eigenvalue weighted by atomic mass is 16.2. The molecular formula is C17H23N3O2. The number of rotatable bonds is 5. The van der Waals surface area contributed by atoms with E-state index in [1.807, 2.05) is 44.2 Å². The van der Waals surface area contributed by atoms with Crippen LogP contribution < -0.4 is 16.6 Å². The smallest absolute Gasteiger partial charge is 0.330 e. The molecule has 0 amide bonds. The van der Waals surface area contributed by atoms with Crippen LogP contribution in [0.25, 0.3) is 0 Å². The molecule has 0 aliphatic heterocycles. The first-order chi connectivity index (χ1) is 10.4. The van der Waals surface area contributed by atoms with Crippen LogP contribution in [0.4, 0.5) is 5.82 Å². The summed E-state index contributed by atoms with van der Waals surface area (Å²) in [6.07, 6.45) is 0. The number of anilines is 1. The second kappa shape index (κ2) is 6.64. The van der Waals surface area contributed by atoms with Crippen molar-refractivity contribution in [2.45, 2.75) is 39.8 Å². The molecule has 1 atom stereocenters. The van der Waals surface area contributed by atoms with Gasteiger partial charge in [-0.1, -0.05) is 44.2 Å². The summed E-state index contributed by atoms with van der Waals surface area (Å²) >= 11 is 0. The lowest BCUT2D eigenvalue weighted by Crippen LogP contribution is -2.36. The SMILES string of the molecule is CC(C)[C@H](Nc1cc(=O)n(C(C)C)c(=O)[nH]1)c1ccccc1. The van der Waals surface area contributed by atoms with Crippen molar-refractivity contribution in [3.63, 3.8) is 0 Å². The molecule has 2 N–H and O–H groups in total. The minimum atomic E-state index is -0.388. The third kappa shape index (κ3) is 3.47. The Morgan fingerprint density at radius 3 is 2.18 bits per heavy atom. The third-order valence-corrected chi connectivity index (χ3v) is 3.62. The molecule has 1 aromatic heterocycles. The van der Waals surface area contributed by atoms with Gasteiger partial charge in [0.2, 0.25) is 0 Å². The molecule has 1 heterocycles. The first-order valence-electron chi connectivity index (χ1n) is 7.57. The Bertz CT molecular complexity index is 698. The second-order valence-electron chi connectivity index (χ2n) is 6.07. The van der Waals surface area contributed by atoms with Gasteiger partial charge in [-0.15, -0.1) is 0 Å². The van der Waals surface area contributed by atoms with Crippen LogP contribution in [0.15, 0.2) is 46.0 Å². The quantitative estimate of drug-likeness (QED) is 0.892. The van der Waals surface area contributed by atoms with Crippen LogP contribution in [0.3, 0.4) is 0 Å². The van der Waals surface area contributed by atoms with E-state index >= 15 is 0 Å². The minimum absolute atomic E-state index is 0.0196. The molecule has 0 aliphatic carbocycles. The van der Waals surface area contributed by atoms with Gasteiger partial charge in [0.1, 0.15) is 5.82 Å². The second-order valence-corrected chi connectivity index (χ2v) is 6.07. The predicted octanol–water partition coefficient (Wildman–Crippen LogP) is 2.93. The molecule has 118 valence electrons. The summed E-state index contributed by atoms with van der Waals surface area (Å²) in [7, 11) is 0. The van der Waals surface area contributed by atoms with Gasteiger partial charge in [0, 0.05) is 12.1 Å². The molecule has 0 saturated carbocycles. The molecule has 0 saturated heterocycles. The molecule has 0 bridgehead atoms. The van der Waals surface area contributed by atoms with Crippen molar-refractivity contribution in [2.24, 2.45) is 5.92 Å². The predicted molar refractivity (Wildman–Crippen MR) is 89.4 cm³/mol. The largest absolute Gasteiger partial charge is 0.364 e. The van der Waals surface area contributed by atoms with Gasteiger partial charge >= 0.3 is 5.69 Å². The van der Waals surface area contributed by atoms with Crippen molar-refractivity contribution in [2.75, 3.05) is 5.32 Å². The summed E-state index contributed by atoms with van der Waals surface area (Å²) in [6, 6.07) is 11.3. The number of nitrogens with zero attached hydrogens (tertiary/aromatic N) is 1. The zero-order valence-electron chi connectivity index (χ0n) is 13.5. The molecule has 22 heavy (non-hydrogen) atoms. The zero-order chi connectivity index (χ0) is 16.3. The number of aromatic nitrogens is 2. The maximum atomic E-state index is 12.1. The summed E-state index contributed by atoms with van der Waals surface area (Å²) < 4.78 is 1.21. The van der Waals surface area contributed by atoms with E-state index in [0.29, 0.717) is 11.7 Å². The van der Waals surface area contributed by atoms with Gasteiger partial charge < -0.3 is 5.32 Å². The van der Waals surface area contributed by atoms with Crippen LogP contribution in [-0.2, 0) is 0 Å². The molecule has 5 nitrogen and oxygen atoms in total. The fraction of sp³-hybridized carbons (Fsp3) is 0.412. The standard InChI is InChI=1S/C17H23N3O2/c1-11(2)16(13-8-6-5-7-9-13)18-14-10-15(21)20(12(3)4)17(22)19-14/h5-12,16,18H,1-4H3,(H,19,22)/t16-/m0/s1. The van der Waals surface area contributed by atoms with E-state index in [2.05, 4.69) is 24.1 Å². The van der Waals surface area contributed by atoms with Gasteiger partial charge in [-0.2, -0.15) is 0 Å². The molecule has 5 heteroatoms. The van der Waals surface area contributed by atoms with Gasteiger partial charge in [0.05, 0.1) is 6.04 Å². The average Bonchev–Trinajstić information content (AvgIpc) is 2.44. The van der Waals surface area contributed by atoms with Gasteiger partial charge in [0.25, 0.3) is 5.56 Å². The molecule has 1 aromatic carbocycles. The summed E-state index contributed by atoms with van der Waals surface area (Å²) in [5.74, 6) is 0.757.